The Morgan fingerprint density at radius 1 is 1.56 bits per heavy atom. The van der Waals surface area contributed by atoms with Gasteiger partial charge in [-0.3, -0.25) is 4.79 Å². The van der Waals surface area contributed by atoms with Crippen molar-refractivity contribution >= 4 is 23.6 Å². The van der Waals surface area contributed by atoms with E-state index < -0.39 is 0 Å². The maximum Gasteiger partial charge on any atom is 0.246 e. The number of hydrogen-bond acceptors (Lipinski definition) is 2. The second-order valence-corrected chi connectivity index (χ2v) is 5.08. The van der Waals surface area contributed by atoms with Crippen LogP contribution in [0.5, 0.6) is 0 Å². The minimum atomic E-state index is 0.0136. The fourth-order valence-corrected chi connectivity index (χ4v) is 2.16. The summed E-state index contributed by atoms with van der Waals surface area (Å²) in [4.78, 5) is 13.6. The molecular weight excluding hydrogens is 248 g/mol. The Morgan fingerprint density at radius 3 is 2.94 bits per heavy atom. The molecule has 3 nitrogen and oxygen atoms in total. The van der Waals surface area contributed by atoms with Gasteiger partial charge >= 0.3 is 0 Å². The van der Waals surface area contributed by atoms with Gasteiger partial charge in [-0.25, -0.2) is 0 Å². The molecule has 0 unspecified atom stereocenters. The summed E-state index contributed by atoms with van der Waals surface area (Å²) in [6.07, 6.45) is 4.26. The van der Waals surface area contributed by atoms with E-state index in [1.807, 2.05) is 25.1 Å². The van der Waals surface area contributed by atoms with E-state index in [9.17, 15) is 4.79 Å². The zero-order valence-electron chi connectivity index (χ0n) is 10.4. The fraction of sp³-hybridized carbons (Fsp3) is 0.357. The van der Waals surface area contributed by atoms with Crippen molar-refractivity contribution in [2.45, 2.75) is 19.4 Å². The number of carbonyl (C=O) groups excluding carboxylic acids is 1. The number of rotatable bonds is 2. The molecule has 1 aromatic rings. The van der Waals surface area contributed by atoms with Crippen LogP contribution in [0, 0.1) is 6.92 Å². The van der Waals surface area contributed by atoms with E-state index >= 15 is 0 Å². The highest BCUT2D eigenvalue weighted by molar-refractivity contribution is 6.31. The van der Waals surface area contributed by atoms with Crippen LogP contribution in [-0.4, -0.2) is 29.9 Å². The fourth-order valence-electron chi connectivity index (χ4n) is 1.97. The third-order valence-electron chi connectivity index (χ3n) is 3.15. The van der Waals surface area contributed by atoms with Gasteiger partial charge in [-0.1, -0.05) is 23.7 Å². The van der Waals surface area contributed by atoms with Gasteiger partial charge in [-0.15, -0.1) is 0 Å². The molecule has 1 heterocycles. The van der Waals surface area contributed by atoms with Crippen molar-refractivity contribution in [2.75, 3.05) is 13.1 Å². The average Bonchev–Trinajstić information content (AvgIpc) is 2.77. The van der Waals surface area contributed by atoms with Crippen molar-refractivity contribution in [3.63, 3.8) is 0 Å². The highest BCUT2D eigenvalue weighted by atomic mass is 35.5. The number of nitrogens with two attached hydrogens (primary N) is 1. The van der Waals surface area contributed by atoms with Gasteiger partial charge in [0.2, 0.25) is 5.91 Å². The first-order valence-corrected chi connectivity index (χ1v) is 6.43. The minimum Gasteiger partial charge on any atom is -0.338 e. The molecule has 0 bridgehead atoms. The second-order valence-electron chi connectivity index (χ2n) is 4.67. The second kappa shape index (κ2) is 5.55. The van der Waals surface area contributed by atoms with Crippen molar-refractivity contribution < 1.29 is 4.79 Å². The number of benzene rings is 1. The normalized spacial score (nSPS) is 19.7. The van der Waals surface area contributed by atoms with Crippen LogP contribution in [0.1, 0.15) is 17.5 Å². The van der Waals surface area contributed by atoms with E-state index in [4.69, 9.17) is 17.3 Å². The number of likely N-dealkylation sites (tertiary alicyclic amines) is 1. The SMILES string of the molecule is Cc1ccc(/C=C/C(=O)N2CC[C@@H](N)C2)cc1Cl. The predicted octanol–water partition coefficient (Wildman–Crippen LogP) is 2.22. The molecule has 1 aliphatic heterocycles. The number of aryl methyl sites for hydroxylation is 1. The van der Waals surface area contributed by atoms with Crippen LogP contribution in [0.3, 0.4) is 0 Å². The van der Waals surface area contributed by atoms with Gasteiger partial charge in [-0.2, -0.15) is 0 Å². The highest BCUT2D eigenvalue weighted by Crippen LogP contribution is 2.17. The molecule has 4 heteroatoms. The Bertz CT molecular complexity index is 485. The van der Waals surface area contributed by atoms with Crippen LogP contribution in [0.2, 0.25) is 5.02 Å². The van der Waals surface area contributed by atoms with E-state index in [0.29, 0.717) is 11.6 Å². The number of hydrogen-bond donors (Lipinski definition) is 1. The summed E-state index contributed by atoms with van der Waals surface area (Å²) in [6.45, 7) is 3.35. The molecule has 1 saturated heterocycles. The van der Waals surface area contributed by atoms with Gasteiger partial charge in [0.1, 0.15) is 0 Å². The number of halogens is 1. The molecular formula is C14H17ClN2O. The van der Waals surface area contributed by atoms with Gasteiger partial charge < -0.3 is 10.6 Å². The summed E-state index contributed by atoms with van der Waals surface area (Å²) < 4.78 is 0. The molecule has 1 atom stereocenters. The topological polar surface area (TPSA) is 46.3 Å². The Labute approximate surface area is 112 Å². The summed E-state index contributed by atoms with van der Waals surface area (Å²) in [7, 11) is 0. The van der Waals surface area contributed by atoms with Crippen LogP contribution in [0.4, 0.5) is 0 Å². The molecule has 96 valence electrons. The Hall–Kier alpha value is -1.32. The number of carbonyl (C=O) groups is 1. The lowest BCUT2D eigenvalue weighted by Gasteiger charge is -2.12. The maximum absolute atomic E-state index is 11.9. The standard InChI is InChI=1S/C14H17ClN2O/c1-10-2-3-11(8-13(10)15)4-5-14(18)17-7-6-12(16)9-17/h2-5,8,12H,6-7,9,16H2,1H3/b5-4+/t12-/m1/s1. The molecule has 0 spiro atoms. The predicted molar refractivity (Wildman–Crippen MR) is 74.4 cm³/mol. The lowest BCUT2D eigenvalue weighted by atomic mass is 10.1. The van der Waals surface area contributed by atoms with E-state index in [2.05, 4.69) is 0 Å². The smallest absolute Gasteiger partial charge is 0.246 e. The van der Waals surface area contributed by atoms with Gasteiger partial charge in [0.15, 0.2) is 0 Å². The molecule has 1 aromatic carbocycles. The van der Waals surface area contributed by atoms with E-state index in [0.717, 1.165) is 24.1 Å². The zero-order chi connectivity index (χ0) is 13.1. The first-order valence-electron chi connectivity index (χ1n) is 6.05. The van der Waals surface area contributed by atoms with E-state index in [1.165, 1.54) is 0 Å². The van der Waals surface area contributed by atoms with Gasteiger partial charge in [0, 0.05) is 30.2 Å². The molecule has 0 aromatic heterocycles. The summed E-state index contributed by atoms with van der Waals surface area (Å²) >= 11 is 6.03. The van der Waals surface area contributed by atoms with Crippen LogP contribution in [-0.2, 0) is 4.79 Å². The molecule has 0 radical (unpaired) electrons. The Kier molecular flexibility index (Phi) is 4.04. The van der Waals surface area contributed by atoms with Gasteiger partial charge in [0.25, 0.3) is 0 Å². The van der Waals surface area contributed by atoms with Crippen molar-refractivity contribution in [1.29, 1.82) is 0 Å². The lowest BCUT2D eigenvalue weighted by Crippen LogP contribution is -2.30. The molecule has 1 aliphatic rings. The van der Waals surface area contributed by atoms with Crippen molar-refractivity contribution in [3.8, 4) is 0 Å². The molecule has 18 heavy (non-hydrogen) atoms. The number of nitrogens with zero attached hydrogens (tertiary/aromatic N) is 1. The Balaban J connectivity index is 2.02. The van der Waals surface area contributed by atoms with E-state index in [-0.39, 0.29) is 11.9 Å². The molecule has 1 fully saturated rings. The maximum atomic E-state index is 11.9. The van der Waals surface area contributed by atoms with Gasteiger partial charge in [0.05, 0.1) is 0 Å². The summed E-state index contributed by atoms with van der Waals surface area (Å²) in [5.41, 5.74) is 7.74. The first-order chi connectivity index (χ1) is 8.56. The number of amides is 1. The van der Waals surface area contributed by atoms with Crippen LogP contribution in [0.15, 0.2) is 24.3 Å². The molecule has 2 rings (SSSR count). The minimum absolute atomic E-state index is 0.0136. The molecule has 0 aliphatic carbocycles. The van der Waals surface area contributed by atoms with E-state index in [1.54, 1.807) is 17.1 Å². The molecule has 2 N–H and O–H groups in total. The monoisotopic (exact) mass is 264 g/mol. The van der Waals surface area contributed by atoms with Gasteiger partial charge in [-0.05, 0) is 36.6 Å². The summed E-state index contributed by atoms with van der Waals surface area (Å²) in [6, 6.07) is 5.87. The average molecular weight is 265 g/mol. The van der Waals surface area contributed by atoms with Crippen molar-refractivity contribution in [2.24, 2.45) is 5.73 Å². The van der Waals surface area contributed by atoms with Crippen LogP contribution < -0.4 is 5.73 Å². The molecule has 1 amide bonds. The van der Waals surface area contributed by atoms with Crippen LogP contribution in [0.25, 0.3) is 6.08 Å². The summed E-state index contributed by atoms with van der Waals surface area (Å²) in [5.74, 6) is 0.0136. The zero-order valence-corrected chi connectivity index (χ0v) is 11.2. The van der Waals surface area contributed by atoms with Crippen molar-refractivity contribution in [3.05, 3.63) is 40.4 Å². The highest BCUT2D eigenvalue weighted by Gasteiger charge is 2.21. The third-order valence-corrected chi connectivity index (χ3v) is 3.56. The Morgan fingerprint density at radius 2 is 2.33 bits per heavy atom. The lowest BCUT2D eigenvalue weighted by molar-refractivity contribution is -0.124. The molecule has 0 saturated carbocycles. The quantitative estimate of drug-likeness (QED) is 0.833. The van der Waals surface area contributed by atoms with Crippen LogP contribution >= 0.6 is 11.6 Å². The largest absolute Gasteiger partial charge is 0.338 e. The summed E-state index contributed by atoms with van der Waals surface area (Å²) in [5, 5.41) is 0.716. The first kappa shape index (κ1) is 13.1. The third kappa shape index (κ3) is 3.12. The van der Waals surface area contributed by atoms with Crippen molar-refractivity contribution in [1.82, 2.24) is 4.90 Å².